The number of imidazole rings is 1. The van der Waals surface area contributed by atoms with Crippen LogP contribution >= 0.6 is 11.3 Å². The van der Waals surface area contributed by atoms with Crippen LogP contribution in [0, 0.1) is 12.3 Å². The molecule has 4 aromatic rings. The molecular formula is C24H29N7OS. The number of H-pyrrole nitrogens is 1. The fraction of sp³-hybridized carbons (Fsp3) is 0.417. The average molecular weight is 464 g/mol. The van der Waals surface area contributed by atoms with Crippen LogP contribution in [0.4, 0.5) is 5.69 Å². The molecule has 5 heterocycles. The highest BCUT2D eigenvalue weighted by Gasteiger charge is 2.28. The van der Waals surface area contributed by atoms with Crippen LogP contribution in [-0.2, 0) is 0 Å². The average Bonchev–Trinajstić information content (AvgIpc) is 3.53. The summed E-state index contributed by atoms with van der Waals surface area (Å²) < 4.78 is 2.06. The van der Waals surface area contributed by atoms with Crippen LogP contribution in [0.15, 0.2) is 36.9 Å². The van der Waals surface area contributed by atoms with Gasteiger partial charge in [-0.25, -0.2) is 4.98 Å². The summed E-state index contributed by atoms with van der Waals surface area (Å²) in [5.41, 5.74) is 3.82. The number of carbonyl (C=O) groups excluding carboxylic acids is 1. The van der Waals surface area contributed by atoms with Crippen LogP contribution in [0.3, 0.4) is 0 Å². The molecule has 1 unspecified atom stereocenters. The number of piperidine rings is 1. The molecule has 5 rings (SSSR count). The van der Waals surface area contributed by atoms with Crippen LogP contribution in [0.25, 0.3) is 16.2 Å². The second-order valence-corrected chi connectivity index (χ2v) is 10.9. The molecule has 1 aliphatic heterocycles. The Labute approximate surface area is 197 Å². The lowest BCUT2D eigenvalue weighted by Gasteiger charge is -2.38. The second kappa shape index (κ2) is 8.30. The summed E-state index contributed by atoms with van der Waals surface area (Å²) in [4.78, 5) is 25.8. The van der Waals surface area contributed by atoms with Crippen LogP contribution in [0.5, 0.6) is 0 Å². The summed E-state index contributed by atoms with van der Waals surface area (Å²) in [6, 6.07) is 5.93. The first-order valence-corrected chi connectivity index (χ1v) is 12.1. The monoisotopic (exact) mass is 463 g/mol. The number of aryl methyl sites for hydroxylation is 1. The Kier molecular flexibility index (Phi) is 5.44. The number of rotatable bonds is 5. The van der Waals surface area contributed by atoms with Crippen molar-refractivity contribution in [1.29, 1.82) is 0 Å². The Hall–Kier alpha value is -3.20. The molecule has 4 aromatic heterocycles. The molecule has 1 fully saturated rings. The lowest BCUT2D eigenvalue weighted by atomic mass is 9.82. The van der Waals surface area contributed by atoms with Crippen LogP contribution < -0.4 is 10.2 Å². The molecule has 0 aliphatic carbocycles. The van der Waals surface area contributed by atoms with Gasteiger partial charge in [-0.1, -0.05) is 13.8 Å². The van der Waals surface area contributed by atoms with Gasteiger partial charge in [0, 0.05) is 24.2 Å². The molecule has 1 aliphatic rings. The van der Waals surface area contributed by atoms with Crippen molar-refractivity contribution in [3.8, 4) is 10.6 Å². The van der Waals surface area contributed by atoms with Crippen LogP contribution in [0.2, 0.25) is 0 Å². The molecule has 0 aromatic carbocycles. The molecule has 0 bridgehead atoms. The Morgan fingerprint density at radius 3 is 2.73 bits per heavy atom. The SMILES string of the molecule is Cc1ccc(-c2cnc3c(N4CCC(C)(C)CC4)cc(C(=O)NC(C)c4nnc[nH]4)cn23)s1. The largest absolute Gasteiger partial charge is 0.368 e. The summed E-state index contributed by atoms with van der Waals surface area (Å²) in [7, 11) is 0. The predicted molar refractivity (Wildman–Crippen MR) is 131 cm³/mol. The summed E-state index contributed by atoms with van der Waals surface area (Å²) in [5.74, 6) is 0.474. The van der Waals surface area contributed by atoms with Crippen molar-refractivity contribution < 1.29 is 4.79 Å². The number of anilines is 1. The van der Waals surface area contributed by atoms with E-state index in [1.807, 2.05) is 25.4 Å². The van der Waals surface area contributed by atoms with Gasteiger partial charge in [-0.2, -0.15) is 0 Å². The van der Waals surface area contributed by atoms with E-state index in [9.17, 15) is 4.79 Å². The topological polar surface area (TPSA) is 91.2 Å². The minimum atomic E-state index is -0.280. The zero-order valence-electron chi connectivity index (χ0n) is 19.4. The third-order valence-corrected chi connectivity index (χ3v) is 7.52. The molecule has 0 saturated carbocycles. The molecule has 0 radical (unpaired) electrons. The number of amides is 1. The van der Waals surface area contributed by atoms with Crippen LogP contribution in [0.1, 0.15) is 60.7 Å². The maximum Gasteiger partial charge on any atom is 0.253 e. The minimum Gasteiger partial charge on any atom is -0.368 e. The van der Waals surface area contributed by atoms with E-state index in [0.717, 1.165) is 47.8 Å². The summed E-state index contributed by atoms with van der Waals surface area (Å²) >= 11 is 1.73. The number of hydrogen-bond donors (Lipinski definition) is 2. The van der Waals surface area contributed by atoms with Gasteiger partial charge in [0.2, 0.25) is 0 Å². The highest BCUT2D eigenvalue weighted by molar-refractivity contribution is 7.15. The highest BCUT2D eigenvalue weighted by Crippen LogP contribution is 2.36. The van der Waals surface area contributed by atoms with Gasteiger partial charge in [0.15, 0.2) is 11.5 Å². The predicted octanol–water partition coefficient (Wildman–Crippen LogP) is 4.61. The van der Waals surface area contributed by atoms with E-state index in [-0.39, 0.29) is 11.9 Å². The third kappa shape index (κ3) is 4.25. The number of hydrogen-bond acceptors (Lipinski definition) is 6. The van der Waals surface area contributed by atoms with E-state index in [0.29, 0.717) is 16.8 Å². The molecule has 0 spiro atoms. The fourth-order valence-electron chi connectivity index (χ4n) is 4.31. The van der Waals surface area contributed by atoms with E-state index in [1.165, 1.54) is 11.2 Å². The first kappa shape index (κ1) is 21.6. The maximum absolute atomic E-state index is 13.3. The minimum absolute atomic E-state index is 0.151. The van der Waals surface area contributed by atoms with Crippen molar-refractivity contribution >= 4 is 28.6 Å². The standard InChI is InChI=1S/C24H29N7OS/c1-15-5-6-20(33-15)19-12-25-22-18(30-9-7-24(3,4)8-10-30)11-17(13-31(19)22)23(32)28-16(2)21-26-14-27-29-21/h5-6,11-14,16H,7-10H2,1-4H3,(H,28,32)(H,26,27,29). The van der Waals surface area contributed by atoms with E-state index in [2.05, 4.69) is 62.7 Å². The zero-order valence-corrected chi connectivity index (χ0v) is 20.2. The Morgan fingerprint density at radius 1 is 1.27 bits per heavy atom. The third-order valence-electron chi connectivity index (χ3n) is 6.49. The number of nitrogens with one attached hydrogen (secondary N) is 2. The van der Waals surface area contributed by atoms with Gasteiger partial charge in [0.1, 0.15) is 6.33 Å². The molecule has 9 heteroatoms. The van der Waals surface area contributed by atoms with Gasteiger partial charge in [-0.3, -0.25) is 9.20 Å². The Morgan fingerprint density at radius 2 is 2.06 bits per heavy atom. The number of thiophene rings is 1. The van der Waals surface area contributed by atoms with Gasteiger partial charge in [0.25, 0.3) is 5.91 Å². The smallest absolute Gasteiger partial charge is 0.253 e. The van der Waals surface area contributed by atoms with Gasteiger partial charge in [-0.15, -0.1) is 21.5 Å². The van der Waals surface area contributed by atoms with E-state index in [1.54, 1.807) is 11.3 Å². The van der Waals surface area contributed by atoms with E-state index in [4.69, 9.17) is 4.98 Å². The molecule has 8 nitrogen and oxygen atoms in total. The number of nitrogens with zero attached hydrogens (tertiary/aromatic N) is 5. The molecule has 1 amide bonds. The molecule has 1 saturated heterocycles. The molecule has 1 atom stereocenters. The van der Waals surface area contributed by atoms with Gasteiger partial charge < -0.3 is 15.2 Å². The molecule has 33 heavy (non-hydrogen) atoms. The van der Waals surface area contributed by atoms with Crippen molar-refractivity contribution in [3.05, 3.63) is 53.2 Å². The maximum atomic E-state index is 13.3. The number of aromatic amines is 1. The highest BCUT2D eigenvalue weighted by atomic mass is 32.1. The first-order valence-electron chi connectivity index (χ1n) is 11.3. The van der Waals surface area contributed by atoms with Gasteiger partial charge >= 0.3 is 0 Å². The Balaban J connectivity index is 1.56. The lowest BCUT2D eigenvalue weighted by molar-refractivity contribution is 0.0938. The van der Waals surface area contributed by atoms with Crippen molar-refractivity contribution in [2.45, 2.75) is 46.6 Å². The number of pyridine rings is 1. The molecule has 172 valence electrons. The van der Waals surface area contributed by atoms with Gasteiger partial charge in [0.05, 0.1) is 34.1 Å². The summed E-state index contributed by atoms with van der Waals surface area (Å²) in [6.07, 6.45) is 7.54. The van der Waals surface area contributed by atoms with Crippen molar-refractivity contribution in [2.24, 2.45) is 5.41 Å². The van der Waals surface area contributed by atoms with Crippen molar-refractivity contribution in [3.63, 3.8) is 0 Å². The number of carbonyl (C=O) groups is 1. The zero-order chi connectivity index (χ0) is 23.2. The van der Waals surface area contributed by atoms with Crippen molar-refractivity contribution in [2.75, 3.05) is 18.0 Å². The Bertz CT molecular complexity index is 1280. The van der Waals surface area contributed by atoms with Gasteiger partial charge in [-0.05, 0) is 50.3 Å². The molecule has 2 N–H and O–H groups in total. The first-order chi connectivity index (χ1) is 15.8. The van der Waals surface area contributed by atoms with Crippen molar-refractivity contribution in [1.82, 2.24) is 29.9 Å². The summed E-state index contributed by atoms with van der Waals surface area (Å²) in [5, 5.41) is 10.9. The second-order valence-electron chi connectivity index (χ2n) is 9.58. The normalized spacial score (nSPS) is 16.8. The van der Waals surface area contributed by atoms with E-state index < -0.39 is 0 Å². The summed E-state index contributed by atoms with van der Waals surface area (Å²) in [6.45, 7) is 10.5. The molecular weight excluding hydrogens is 434 g/mol. The number of fused-ring (bicyclic) bond motifs is 1. The van der Waals surface area contributed by atoms with Crippen LogP contribution in [-0.4, -0.2) is 43.6 Å². The lowest BCUT2D eigenvalue weighted by Crippen LogP contribution is -2.37. The quantitative estimate of drug-likeness (QED) is 0.451. The van der Waals surface area contributed by atoms with E-state index >= 15 is 0 Å². The number of aromatic nitrogens is 5. The fourth-order valence-corrected chi connectivity index (χ4v) is 5.18.